The minimum atomic E-state index is -0.853. The summed E-state index contributed by atoms with van der Waals surface area (Å²) in [5.41, 5.74) is 5.13. The molecule has 0 spiro atoms. The first-order chi connectivity index (χ1) is 15.8. The van der Waals surface area contributed by atoms with E-state index in [1.54, 1.807) is 6.07 Å². The molecule has 3 aromatic rings. The Balaban J connectivity index is 1.96. The highest BCUT2D eigenvalue weighted by molar-refractivity contribution is 6.32. The van der Waals surface area contributed by atoms with Crippen LogP contribution in [0.15, 0.2) is 29.1 Å². The van der Waals surface area contributed by atoms with Crippen LogP contribution in [-0.2, 0) is 0 Å². The van der Waals surface area contributed by atoms with Gasteiger partial charge in [0.05, 0.1) is 18.4 Å². The van der Waals surface area contributed by atoms with Crippen LogP contribution < -0.4 is 20.9 Å². The molecule has 0 saturated carbocycles. The molecule has 168 valence electrons. The van der Waals surface area contributed by atoms with E-state index in [4.69, 9.17) is 27.3 Å². The van der Waals surface area contributed by atoms with Gasteiger partial charge >= 0.3 is 0 Å². The van der Waals surface area contributed by atoms with Crippen molar-refractivity contribution in [2.24, 2.45) is 5.73 Å². The van der Waals surface area contributed by atoms with E-state index in [2.05, 4.69) is 17.1 Å². The number of rotatable bonds is 4. The van der Waals surface area contributed by atoms with E-state index in [-0.39, 0.29) is 45.3 Å². The van der Waals surface area contributed by atoms with Gasteiger partial charge in [0.15, 0.2) is 29.0 Å². The van der Waals surface area contributed by atoms with Crippen LogP contribution in [0.25, 0.3) is 17.1 Å². The second-order valence-corrected chi connectivity index (χ2v) is 7.88. The predicted molar refractivity (Wildman–Crippen MR) is 119 cm³/mol. The Bertz CT molecular complexity index is 1310. The number of benzene rings is 1. The van der Waals surface area contributed by atoms with Crippen molar-refractivity contribution in [2.75, 3.05) is 25.1 Å². The lowest BCUT2D eigenvalue weighted by atomic mass is 10.1. The fourth-order valence-corrected chi connectivity index (χ4v) is 3.90. The lowest BCUT2D eigenvalue weighted by molar-refractivity contribution is 0.386. The summed E-state index contributed by atoms with van der Waals surface area (Å²) < 4.78 is 34.8. The maximum atomic E-state index is 14.4. The topological polar surface area (TPSA) is 97.2 Å². The summed E-state index contributed by atoms with van der Waals surface area (Å²) in [6.45, 7) is 1.07. The molecule has 1 aliphatic rings. The summed E-state index contributed by atoms with van der Waals surface area (Å²) in [6.07, 6.45) is 1.37. The number of anilines is 1. The zero-order chi connectivity index (χ0) is 23.7. The summed E-state index contributed by atoms with van der Waals surface area (Å²) in [5, 5.41) is 8.85. The zero-order valence-corrected chi connectivity index (χ0v) is 18.3. The smallest absolute Gasteiger partial charge is 0.279 e. The molecule has 1 fully saturated rings. The Morgan fingerprint density at radius 1 is 1.24 bits per heavy atom. The molecule has 0 radical (unpaired) electrons. The van der Waals surface area contributed by atoms with Crippen molar-refractivity contribution in [3.63, 3.8) is 0 Å². The van der Waals surface area contributed by atoms with Crippen molar-refractivity contribution >= 4 is 17.4 Å². The van der Waals surface area contributed by atoms with Gasteiger partial charge in [0.25, 0.3) is 5.56 Å². The molecule has 2 aromatic carbocycles. The molecule has 0 unspecified atom stereocenters. The Morgan fingerprint density at radius 3 is 2.58 bits per heavy atom. The van der Waals surface area contributed by atoms with Crippen LogP contribution in [-0.4, -0.2) is 35.8 Å². The first kappa shape index (κ1) is 22.5. The zero-order valence-electron chi connectivity index (χ0n) is 17.5. The SMILES string of the molecule is COc1ccc(-n2c(-c3c#cc(C#N)c(F)c3)nc(N3CCC(N)CC3)c(Cl)c2=O)cc1F. The highest BCUT2D eigenvalue weighted by atomic mass is 35.5. The highest BCUT2D eigenvalue weighted by Crippen LogP contribution is 2.30. The molecule has 1 aromatic heterocycles. The van der Waals surface area contributed by atoms with Gasteiger partial charge in [0, 0.05) is 25.2 Å². The maximum absolute atomic E-state index is 14.4. The van der Waals surface area contributed by atoms with E-state index in [1.165, 1.54) is 19.2 Å². The number of aromatic nitrogens is 2. The van der Waals surface area contributed by atoms with Gasteiger partial charge in [-0.2, -0.15) is 5.26 Å². The number of ether oxygens (including phenoxy) is 1. The molecule has 0 aliphatic carbocycles. The van der Waals surface area contributed by atoms with E-state index in [1.807, 2.05) is 4.90 Å². The molecule has 0 atom stereocenters. The molecule has 33 heavy (non-hydrogen) atoms. The monoisotopic (exact) mass is 469 g/mol. The quantitative estimate of drug-likeness (QED) is 0.630. The fraction of sp³-hybridized carbons (Fsp3) is 0.261. The van der Waals surface area contributed by atoms with Crippen molar-refractivity contribution < 1.29 is 13.5 Å². The molecule has 1 saturated heterocycles. The standard InChI is InChI=1S/C23H18ClF2N5O2/c1-33-19-5-4-16(11-18(19)26)31-21(13-2-3-14(12-27)17(25)10-13)29-22(20(24)23(31)32)30-8-6-15(28)7-9-30/h4-5,10-11,15H,6-9,28H2,1H3. The molecule has 0 bridgehead atoms. The summed E-state index contributed by atoms with van der Waals surface area (Å²) >= 11 is 6.43. The van der Waals surface area contributed by atoms with Gasteiger partial charge in [-0.25, -0.2) is 13.8 Å². The third kappa shape index (κ3) is 4.21. The lowest BCUT2D eigenvalue weighted by Gasteiger charge is -2.32. The minimum Gasteiger partial charge on any atom is -0.494 e. The van der Waals surface area contributed by atoms with Crippen LogP contribution in [0.4, 0.5) is 14.6 Å². The fourth-order valence-electron chi connectivity index (χ4n) is 3.65. The van der Waals surface area contributed by atoms with Gasteiger partial charge in [-0.05, 0) is 37.1 Å². The second kappa shape index (κ2) is 9.07. The van der Waals surface area contributed by atoms with Crippen molar-refractivity contribution in [2.45, 2.75) is 18.9 Å². The summed E-state index contributed by atoms with van der Waals surface area (Å²) in [6, 6.07) is 11.7. The number of nitrogens with two attached hydrogens (primary N) is 1. The summed E-state index contributed by atoms with van der Waals surface area (Å²) in [4.78, 5) is 19.8. The average Bonchev–Trinajstić information content (AvgIpc) is 2.81. The molecule has 1 aliphatic heterocycles. The van der Waals surface area contributed by atoms with Gasteiger partial charge in [0.2, 0.25) is 0 Å². The van der Waals surface area contributed by atoms with Gasteiger partial charge in [-0.1, -0.05) is 17.7 Å². The van der Waals surface area contributed by atoms with Crippen molar-refractivity contribution in [1.29, 1.82) is 5.26 Å². The highest BCUT2D eigenvalue weighted by Gasteiger charge is 2.25. The Hall–Kier alpha value is -3.66. The first-order valence-electron chi connectivity index (χ1n) is 10.0. The van der Waals surface area contributed by atoms with Crippen LogP contribution in [0.2, 0.25) is 5.02 Å². The van der Waals surface area contributed by atoms with Crippen LogP contribution in [0, 0.1) is 35.1 Å². The third-order valence-corrected chi connectivity index (χ3v) is 5.76. The number of hydrogen-bond acceptors (Lipinski definition) is 6. The number of hydrogen-bond donors (Lipinski definition) is 1. The molecule has 10 heteroatoms. The van der Waals surface area contributed by atoms with Gasteiger partial charge in [-0.3, -0.25) is 9.36 Å². The molecular formula is C23H18ClF2N5O2. The van der Waals surface area contributed by atoms with Crippen LogP contribution in [0.5, 0.6) is 5.75 Å². The number of piperidine rings is 1. The number of halogens is 3. The Kier molecular flexibility index (Phi) is 6.19. The van der Waals surface area contributed by atoms with E-state index in [0.29, 0.717) is 25.9 Å². The molecule has 2 N–H and O–H groups in total. The lowest BCUT2D eigenvalue weighted by Crippen LogP contribution is -2.41. The van der Waals surface area contributed by atoms with Gasteiger partial charge in [-0.15, -0.1) is 0 Å². The average molecular weight is 470 g/mol. The molecule has 2 heterocycles. The van der Waals surface area contributed by atoms with Crippen LogP contribution in [0.3, 0.4) is 0 Å². The second-order valence-electron chi connectivity index (χ2n) is 7.50. The molecule has 4 rings (SSSR count). The Morgan fingerprint density at radius 2 is 1.97 bits per heavy atom. The largest absolute Gasteiger partial charge is 0.494 e. The van der Waals surface area contributed by atoms with Gasteiger partial charge < -0.3 is 15.4 Å². The van der Waals surface area contributed by atoms with Gasteiger partial charge in [0.1, 0.15) is 16.7 Å². The molecular weight excluding hydrogens is 452 g/mol. The summed E-state index contributed by atoms with van der Waals surface area (Å²) in [7, 11) is 1.32. The maximum Gasteiger partial charge on any atom is 0.279 e. The van der Waals surface area contributed by atoms with E-state index in [9.17, 15) is 13.6 Å². The van der Waals surface area contributed by atoms with Crippen molar-refractivity contribution in [3.8, 4) is 28.9 Å². The van der Waals surface area contributed by atoms with Crippen LogP contribution >= 0.6 is 11.6 Å². The summed E-state index contributed by atoms with van der Waals surface area (Å²) in [5.74, 6) is -1.39. The molecule has 0 amide bonds. The Labute approximate surface area is 193 Å². The van der Waals surface area contributed by atoms with Crippen molar-refractivity contribution in [1.82, 2.24) is 9.55 Å². The third-order valence-electron chi connectivity index (χ3n) is 5.43. The first-order valence-corrected chi connectivity index (χ1v) is 10.4. The van der Waals surface area contributed by atoms with E-state index >= 15 is 0 Å². The number of nitrogens with zero attached hydrogens (tertiary/aromatic N) is 4. The normalized spacial score (nSPS) is 14.0. The predicted octanol–water partition coefficient (Wildman–Crippen LogP) is 3.24. The van der Waals surface area contributed by atoms with Crippen molar-refractivity contribution in [3.05, 3.63) is 69.0 Å². The minimum absolute atomic E-state index is 0.0157. The van der Waals surface area contributed by atoms with Crippen LogP contribution in [0.1, 0.15) is 18.4 Å². The molecule has 7 nitrogen and oxygen atoms in total. The number of nitriles is 1. The number of methoxy groups -OCH3 is 1. The van der Waals surface area contributed by atoms with E-state index in [0.717, 1.165) is 16.7 Å². The van der Waals surface area contributed by atoms with E-state index < -0.39 is 17.2 Å².